The third kappa shape index (κ3) is 6.85. The standard InChI is InChI=1S/C28H32N4O4/c1-36-24-17-9-8-15-22(24)19-32(23(27(34)35)16-10-18-31-28(29)30)26(33)25(20-11-4-2-5-12-20)21-13-6-3-7-14-21/h2-9,11-15,17,23,25H,10,16,18-19H2,1H3,(H,34,35)(H4,29,30,31)/t23-/m0/s1. The number of guanidine groups is 1. The minimum Gasteiger partial charge on any atom is -0.496 e. The third-order valence-electron chi connectivity index (χ3n) is 5.96. The van der Waals surface area contributed by atoms with Gasteiger partial charge in [0.25, 0.3) is 0 Å². The number of carboxylic acids is 1. The number of carbonyl (C=O) groups is 2. The maximum atomic E-state index is 14.3. The van der Waals surface area contributed by atoms with Gasteiger partial charge in [-0.15, -0.1) is 0 Å². The molecule has 1 atom stereocenters. The average molecular weight is 489 g/mol. The molecule has 0 unspecified atom stereocenters. The Hall–Kier alpha value is -4.33. The van der Waals surface area contributed by atoms with Crippen molar-refractivity contribution in [1.82, 2.24) is 10.2 Å². The smallest absolute Gasteiger partial charge is 0.326 e. The van der Waals surface area contributed by atoms with E-state index < -0.39 is 17.9 Å². The first-order valence-corrected chi connectivity index (χ1v) is 11.7. The molecule has 5 N–H and O–H groups in total. The summed E-state index contributed by atoms with van der Waals surface area (Å²) >= 11 is 0. The van der Waals surface area contributed by atoms with Crippen LogP contribution in [0.15, 0.2) is 84.9 Å². The monoisotopic (exact) mass is 488 g/mol. The fourth-order valence-electron chi connectivity index (χ4n) is 4.22. The van der Waals surface area contributed by atoms with Gasteiger partial charge < -0.3 is 25.8 Å². The molecule has 0 aliphatic carbocycles. The molecule has 3 aromatic rings. The number of para-hydroxylation sites is 1. The Morgan fingerprint density at radius 2 is 1.53 bits per heavy atom. The van der Waals surface area contributed by atoms with E-state index in [4.69, 9.17) is 15.9 Å². The molecule has 0 aliphatic heterocycles. The van der Waals surface area contributed by atoms with Gasteiger partial charge in [-0.1, -0.05) is 78.9 Å². The number of carboxylic acid groups (broad SMARTS) is 1. The van der Waals surface area contributed by atoms with Crippen LogP contribution in [0.25, 0.3) is 0 Å². The second kappa shape index (κ2) is 12.9. The van der Waals surface area contributed by atoms with Crippen molar-refractivity contribution in [2.24, 2.45) is 5.73 Å². The zero-order valence-electron chi connectivity index (χ0n) is 20.3. The SMILES string of the molecule is COc1ccccc1CN(C(=O)C(c1ccccc1)c1ccccc1)[C@@H](CCCNC(=N)N)C(=O)O. The quantitative estimate of drug-likeness (QED) is 0.175. The van der Waals surface area contributed by atoms with E-state index in [-0.39, 0.29) is 24.8 Å². The summed E-state index contributed by atoms with van der Waals surface area (Å²) in [5, 5.41) is 20.2. The lowest BCUT2D eigenvalue weighted by atomic mass is 9.89. The Balaban J connectivity index is 2.04. The first-order chi connectivity index (χ1) is 17.4. The summed E-state index contributed by atoms with van der Waals surface area (Å²) in [6.07, 6.45) is 0.598. The van der Waals surface area contributed by atoms with E-state index >= 15 is 0 Å². The number of benzene rings is 3. The van der Waals surface area contributed by atoms with Crippen LogP contribution in [0.3, 0.4) is 0 Å². The molecule has 36 heavy (non-hydrogen) atoms. The van der Waals surface area contributed by atoms with Gasteiger partial charge in [0.15, 0.2) is 5.96 Å². The molecular formula is C28H32N4O4. The van der Waals surface area contributed by atoms with Crippen LogP contribution in [-0.2, 0) is 16.1 Å². The topological polar surface area (TPSA) is 129 Å². The second-order valence-corrected chi connectivity index (χ2v) is 8.37. The normalized spacial score (nSPS) is 11.5. The Morgan fingerprint density at radius 3 is 2.06 bits per heavy atom. The van der Waals surface area contributed by atoms with E-state index in [1.165, 1.54) is 4.90 Å². The van der Waals surface area contributed by atoms with Gasteiger partial charge in [0, 0.05) is 12.1 Å². The molecule has 0 radical (unpaired) electrons. The number of carbonyl (C=O) groups excluding carboxylic acids is 1. The first-order valence-electron chi connectivity index (χ1n) is 11.7. The van der Waals surface area contributed by atoms with Gasteiger partial charge in [-0.25, -0.2) is 4.79 Å². The van der Waals surface area contributed by atoms with Crippen molar-refractivity contribution in [2.75, 3.05) is 13.7 Å². The Kier molecular flexibility index (Phi) is 9.45. The molecule has 0 spiro atoms. The number of methoxy groups -OCH3 is 1. The molecule has 0 saturated heterocycles. The summed E-state index contributed by atoms with van der Waals surface area (Å²) in [5.41, 5.74) is 7.62. The maximum absolute atomic E-state index is 14.3. The molecule has 3 rings (SSSR count). The number of amides is 1. The summed E-state index contributed by atoms with van der Waals surface area (Å²) < 4.78 is 5.49. The lowest BCUT2D eigenvalue weighted by molar-refractivity contribution is -0.151. The zero-order valence-corrected chi connectivity index (χ0v) is 20.3. The lowest BCUT2D eigenvalue weighted by Gasteiger charge is -2.33. The number of nitrogens with two attached hydrogens (primary N) is 1. The summed E-state index contributed by atoms with van der Waals surface area (Å²) in [6, 6.07) is 24.9. The second-order valence-electron chi connectivity index (χ2n) is 8.37. The number of nitrogens with one attached hydrogen (secondary N) is 2. The zero-order chi connectivity index (χ0) is 25.9. The highest BCUT2D eigenvalue weighted by Gasteiger charge is 2.35. The lowest BCUT2D eigenvalue weighted by Crippen LogP contribution is -2.47. The third-order valence-corrected chi connectivity index (χ3v) is 5.96. The van der Waals surface area contributed by atoms with Crippen molar-refractivity contribution in [3.63, 3.8) is 0 Å². The highest BCUT2D eigenvalue weighted by molar-refractivity contribution is 5.90. The van der Waals surface area contributed by atoms with E-state index in [0.717, 1.165) is 11.1 Å². The minimum absolute atomic E-state index is 0.0656. The summed E-state index contributed by atoms with van der Waals surface area (Å²) in [6.45, 7) is 0.396. The Labute approximate surface area is 211 Å². The number of rotatable bonds is 12. The Morgan fingerprint density at radius 1 is 0.972 bits per heavy atom. The van der Waals surface area contributed by atoms with Gasteiger partial charge in [0.2, 0.25) is 5.91 Å². The van der Waals surface area contributed by atoms with E-state index in [0.29, 0.717) is 24.3 Å². The van der Waals surface area contributed by atoms with Gasteiger partial charge in [-0.05, 0) is 30.0 Å². The Bertz CT molecular complexity index is 1110. The molecule has 0 heterocycles. The molecule has 8 heteroatoms. The average Bonchev–Trinajstić information content (AvgIpc) is 2.89. The van der Waals surface area contributed by atoms with E-state index in [2.05, 4.69) is 5.32 Å². The molecule has 0 bridgehead atoms. The highest BCUT2D eigenvalue weighted by atomic mass is 16.5. The molecule has 0 fully saturated rings. The molecule has 188 valence electrons. The highest BCUT2D eigenvalue weighted by Crippen LogP contribution is 2.30. The maximum Gasteiger partial charge on any atom is 0.326 e. The number of hydrogen-bond donors (Lipinski definition) is 4. The van der Waals surface area contributed by atoms with Gasteiger partial charge in [0.05, 0.1) is 19.6 Å². The predicted molar refractivity (Wildman–Crippen MR) is 139 cm³/mol. The van der Waals surface area contributed by atoms with Gasteiger partial charge in [0.1, 0.15) is 11.8 Å². The molecule has 1 amide bonds. The molecule has 8 nitrogen and oxygen atoms in total. The van der Waals surface area contributed by atoms with E-state index in [9.17, 15) is 14.7 Å². The summed E-state index contributed by atoms with van der Waals surface area (Å²) in [5.74, 6) is -1.70. The van der Waals surface area contributed by atoms with Gasteiger partial charge >= 0.3 is 5.97 Å². The number of ether oxygens (including phenoxy) is 1. The predicted octanol–water partition coefficient (Wildman–Crippen LogP) is 3.57. The van der Waals surface area contributed by atoms with Crippen LogP contribution in [0.4, 0.5) is 0 Å². The van der Waals surface area contributed by atoms with Crippen molar-refractivity contribution in [3.05, 3.63) is 102 Å². The largest absolute Gasteiger partial charge is 0.496 e. The van der Waals surface area contributed by atoms with Crippen molar-refractivity contribution in [2.45, 2.75) is 31.3 Å². The van der Waals surface area contributed by atoms with Crippen LogP contribution < -0.4 is 15.8 Å². The molecule has 0 aliphatic rings. The van der Waals surface area contributed by atoms with Crippen LogP contribution >= 0.6 is 0 Å². The van der Waals surface area contributed by atoms with Gasteiger partial charge in [-0.2, -0.15) is 0 Å². The van der Waals surface area contributed by atoms with Crippen LogP contribution in [0.5, 0.6) is 5.75 Å². The van der Waals surface area contributed by atoms with Crippen LogP contribution in [0.1, 0.15) is 35.4 Å². The molecular weight excluding hydrogens is 456 g/mol. The summed E-state index contributed by atoms with van der Waals surface area (Å²) in [7, 11) is 1.55. The fraction of sp³-hybridized carbons (Fsp3) is 0.250. The van der Waals surface area contributed by atoms with Crippen LogP contribution in [-0.4, -0.2) is 47.5 Å². The van der Waals surface area contributed by atoms with E-state index in [1.54, 1.807) is 13.2 Å². The van der Waals surface area contributed by atoms with Crippen molar-refractivity contribution >= 4 is 17.8 Å². The fourth-order valence-corrected chi connectivity index (χ4v) is 4.22. The van der Waals surface area contributed by atoms with Crippen molar-refractivity contribution in [3.8, 4) is 5.75 Å². The molecule has 0 saturated carbocycles. The summed E-state index contributed by atoms with van der Waals surface area (Å²) in [4.78, 5) is 28.2. The van der Waals surface area contributed by atoms with Crippen LogP contribution in [0, 0.1) is 5.41 Å². The minimum atomic E-state index is -1.10. The molecule has 3 aromatic carbocycles. The molecule has 0 aromatic heterocycles. The number of hydrogen-bond acceptors (Lipinski definition) is 4. The van der Waals surface area contributed by atoms with Crippen LogP contribution in [0.2, 0.25) is 0 Å². The van der Waals surface area contributed by atoms with Gasteiger partial charge in [-0.3, -0.25) is 10.2 Å². The van der Waals surface area contributed by atoms with E-state index in [1.807, 2.05) is 78.9 Å². The first kappa shape index (κ1) is 26.3. The van der Waals surface area contributed by atoms with Crippen molar-refractivity contribution in [1.29, 1.82) is 5.41 Å². The number of aliphatic carboxylic acids is 1. The number of nitrogens with zero attached hydrogens (tertiary/aromatic N) is 1. The van der Waals surface area contributed by atoms with Crippen molar-refractivity contribution < 1.29 is 19.4 Å².